The summed E-state index contributed by atoms with van der Waals surface area (Å²) >= 11 is 0. The van der Waals surface area contributed by atoms with E-state index in [1.165, 1.54) is 13.3 Å². The van der Waals surface area contributed by atoms with Gasteiger partial charge >= 0.3 is 0 Å². The van der Waals surface area contributed by atoms with E-state index in [2.05, 4.69) is 15.8 Å². The first-order chi connectivity index (χ1) is 14.7. The molecule has 0 aliphatic heterocycles. The minimum atomic E-state index is -0.311. The quantitative estimate of drug-likeness (QED) is 0.445. The normalized spacial score (nSPS) is 10.4. The van der Waals surface area contributed by atoms with Gasteiger partial charge in [0.1, 0.15) is 11.5 Å². The lowest BCUT2D eigenvalue weighted by Crippen LogP contribution is -2.20. The Kier molecular flexibility index (Phi) is 7.16. The van der Waals surface area contributed by atoms with Crippen LogP contribution in [0.3, 0.4) is 0 Å². The molecule has 3 aromatic carbocycles. The van der Waals surface area contributed by atoms with Gasteiger partial charge in [-0.05, 0) is 42.0 Å². The lowest BCUT2D eigenvalue weighted by atomic mass is 10.2. The number of methoxy groups -OCH3 is 1. The number of carbonyl (C=O) groups excluding carboxylic acids is 2. The zero-order valence-electron chi connectivity index (χ0n) is 16.4. The number of hydrogen-bond donors (Lipinski definition) is 2. The number of nitrogens with one attached hydrogen (secondary N) is 2. The lowest BCUT2D eigenvalue weighted by Gasteiger charge is -2.10. The van der Waals surface area contributed by atoms with Gasteiger partial charge in [-0.25, -0.2) is 5.43 Å². The second-order valence-electron chi connectivity index (χ2n) is 6.17. The predicted octanol–water partition coefficient (Wildman–Crippen LogP) is 3.48. The van der Waals surface area contributed by atoms with Gasteiger partial charge in [-0.15, -0.1) is 0 Å². The highest BCUT2D eigenvalue weighted by Crippen LogP contribution is 2.22. The van der Waals surface area contributed by atoms with Gasteiger partial charge < -0.3 is 14.8 Å². The highest BCUT2D eigenvalue weighted by molar-refractivity contribution is 5.95. The topological polar surface area (TPSA) is 89.0 Å². The lowest BCUT2D eigenvalue weighted by molar-refractivity contribution is -0.118. The zero-order chi connectivity index (χ0) is 21.2. The summed E-state index contributed by atoms with van der Waals surface area (Å²) in [6.07, 6.45) is 1.50. The number of amides is 2. The minimum Gasteiger partial charge on any atom is -0.495 e. The second-order valence-corrected chi connectivity index (χ2v) is 6.17. The van der Waals surface area contributed by atoms with E-state index < -0.39 is 0 Å². The number of hydrazone groups is 1. The van der Waals surface area contributed by atoms with Crippen molar-refractivity contribution in [2.45, 2.75) is 0 Å². The van der Waals surface area contributed by atoms with Crippen molar-refractivity contribution < 1.29 is 19.1 Å². The van der Waals surface area contributed by atoms with Crippen LogP contribution in [0.4, 0.5) is 5.69 Å². The molecule has 7 heteroatoms. The maximum atomic E-state index is 12.2. The summed E-state index contributed by atoms with van der Waals surface area (Å²) in [5.74, 6) is 0.464. The molecule has 3 aromatic rings. The third kappa shape index (κ3) is 5.93. The smallest absolute Gasteiger partial charge is 0.271 e. The number of benzene rings is 3. The van der Waals surface area contributed by atoms with E-state index in [4.69, 9.17) is 9.47 Å². The van der Waals surface area contributed by atoms with E-state index in [1.54, 1.807) is 66.7 Å². The van der Waals surface area contributed by atoms with Gasteiger partial charge in [0.25, 0.3) is 11.8 Å². The van der Waals surface area contributed by atoms with Gasteiger partial charge in [-0.1, -0.05) is 42.5 Å². The van der Waals surface area contributed by atoms with Crippen LogP contribution in [0.15, 0.2) is 84.0 Å². The van der Waals surface area contributed by atoms with Crippen LogP contribution < -0.4 is 20.2 Å². The molecule has 7 nitrogen and oxygen atoms in total. The first-order valence-electron chi connectivity index (χ1n) is 9.20. The maximum Gasteiger partial charge on any atom is 0.271 e. The number of nitrogens with zero attached hydrogens (tertiary/aromatic N) is 1. The molecule has 30 heavy (non-hydrogen) atoms. The van der Waals surface area contributed by atoms with Crippen LogP contribution in [0.5, 0.6) is 11.5 Å². The molecule has 0 atom stereocenters. The standard InChI is InChI=1S/C23H21N3O4/c1-29-21-13-6-5-12-20(21)25-22(27)16-30-19-11-7-8-17(14-19)15-24-26-23(28)18-9-3-2-4-10-18/h2-15H,16H2,1H3,(H,25,27)(H,26,28)/b24-15+. The number of ether oxygens (including phenoxy) is 2. The van der Waals surface area contributed by atoms with Crippen molar-refractivity contribution in [1.29, 1.82) is 0 Å². The molecular weight excluding hydrogens is 382 g/mol. The van der Waals surface area contributed by atoms with Crippen molar-refractivity contribution in [2.24, 2.45) is 5.10 Å². The van der Waals surface area contributed by atoms with Crippen LogP contribution in [0.2, 0.25) is 0 Å². The molecule has 152 valence electrons. The number of anilines is 1. The van der Waals surface area contributed by atoms with Gasteiger partial charge in [-0.2, -0.15) is 5.10 Å². The minimum absolute atomic E-state index is 0.163. The Balaban J connectivity index is 1.52. The number of rotatable bonds is 8. The molecule has 0 unspecified atom stereocenters. The van der Waals surface area contributed by atoms with Crippen molar-refractivity contribution in [3.05, 3.63) is 90.0 Å². The Hall–Kier alpha value is -4.13. The second kappa shape index (κ2) is 10.4. The molecule has 0 fully saturated rings. The van der Waals surface area contributed by atoms with Gasteiger partial charge in [0, 0.05) is 5.56 Å². The average molecular weight is 403 g/mol. The Labute approximate surface area is 174 Å². The summed E-state index contributed by atoms with van der Waals surface area (Å²) in [5.41, 5.74) is 4.28. The Morgan fingerprint density at radius 2 is 1.73 bits per heavy atom. The number of para-hydroxylation sites is 2. The largest absolute Gasteiger partial charge is 0.495 e. The first kappa shape index (κ1) is 20.6. The van der Waals surface area contributed by atoms with Crippen molar-refractivity contribution in [2.75, 3.05) is 19.0 Å². The summed E-state index contributed by atoms with van der Waals surface area (Å²) < 4.78 is 10.8. The molecule has 0 spiro atoms. The zero-order valence-corrected chi connectivity index (χ0v) is 16.4. The SMILES string of the molecule is COc1ccccc1NC(=O)COc1cccc(/C=N/NC(=O)c2ccccc2)c1. The summed E-state index contributed by atoms with van der Waals surface area (Å²) in [4.78, 5) is 24.1. The van der Waals surface area contributed by atoms with E-state index in [0.29, 0.717) is 28.3 Å². The highest BCUT2D eigenvalue weighted by atomic mass is 16.5. The molecule has 3 rings (SSSR count). The fourth-order valence-electron chi connectivity index (χ4n) is 2.59. The van der Waals surface area contributed by atoms with E-state index in [1.807, 2.05) is 12.1 Å². The van der Waals surface area contributed by atoms with E-state index in [9.17, 15) is 9.59 Å². The first-order valence-corrected chi connectivity index (χ1v) is 9.20. The molecule has 0 saturated carbocycles. The van der Waals surface area contributed by atoms with Gasteiger partial charge in [0.2, 0.25) is 0 Å². The molecule has 0 aromatic heterocycles. The van der Waals surface area contributed by atoms with Crippen molar-refractivity contribution in [1.82, 2.24) is 5.43 Å². The molecule has 0 radical (unpaired) electrons. The average Bonchev–Trinajstić information content (AvgIpc) is 2.79. The number of hydrogen-bond acceptors (Lipinski definition) is 5. The molecule has 2 N–H and O–H groups in total. The molecule has 2 amide bonds. The van der Waals surface area contributed by atoms with Crippen LogP contribution in [0.1, 0.15) is 15.9 Å². The van der Waals surface area contributed by atoms with Crippen molar-refractivity contribution in [3.63, 3.8) is 0 Å². The molecule has 0 aliphatic rings. The summed E-state index contributed by atoms with van der Waals surface area (Å²) in [6.45, 7) is -0.163. The summed E-state index contributed by atoms with van der Waals surface area (Å²) in [5, 5.41) is 6.70. The van der Waals surface area contributed by atoms with Crippen LogP contribution in [-0.2, 0) is 4.79 Å². The van der Waals surface area contributed by atoms with Gasteiger partial charge in [0.05, 0.1) is 19.0 Å². The summed E-state index contributed by atoms with van der Waals surface area (Å²) in [6, 6.07) is 23.0. The number of carbonyl (C=O) groups is 2. The van der Waals surface area contributed by atoms with Crippen LogP contribution in [0.25, 0.3) is 0 Å². The van der Waals surface area contributed by atoms with E-state index >= 15 is 0 Å². The Morgan fingerprint density at radius 1 is 0.967 bits per heavy atom. The fraction of sp³-hybridized carbons (Fsp3) is 0.0870. The van der Waals surface area contributed by atoms with Crippen LogP contribution in [0, 0.1) is 0 Å². The highest BCUT2D eigenvalue weighted by Gasteiger charge is 2.08. The Bertz CT molecular complexity index is 1040. The van der Waals surface area contributed by atoms with Crippen LogP contribution in [-0.4, -0.2) is 31.7 Å². The molecule has 0 heterocycles. The van der Waals surface area contributed by atoms with E-state index in [0.717, 1.165) is 0 Å². The van der Waals surface area contributed by atoms with Crippen LogP contribution >= 0.6 is 0 Å². The third-order valence-corrected chi connectivity index (χ3v) is 4.02. The predicted molar refractivity (Wildman–Crippen MR) is 115 cm³/mol. The van der Waals surface area contributed by atoms with Crippen molar-refractivity contribution >= 4 is 23.7 Å². The fourth-order valence-corrected chi connectivity index (χ4v) is 2.59. The molecular formula is C23H21N3O4. The summed E-state index contributed by atoms with van der Waals surface area (Å²) in [7, 11) is 1.54. The van der Waals surface area contributed by atoms with Crippen molar-refractivity contribution in [3.8, 4) is 11.5 Å². The third-order valence-electron chi connectivity index (χ3n) is 4.02. The van der Waals surface area contributed by atoms with Gasteiger partial charge in [-0.3, -0.25) is 9.59 Å². The Morgan fingerprint density at radius 3 is 2.53 bits per heavy atom. The van der Waals surface area contributed by atoms with E-state index in [-0.39, 0.29) is 18.4 Å². The molecule has 0 saturated heterocycles. The maximum absolute atomic E-state index is 12.2. The van der Waals surface area contributed by atoms with Gasteiger partial charge in [0.15, 0.2) is 6.61 Å². The molecule has 0 aliphatic carbocycles. The monoisotopic (exact) mass is 403 g/mol. The molecule has 0 bridgehead atoms.